The number of rotatable bonds is 9. The van der Waals surface area contributed by atoms with E-state index in [9.17, 15) is 18.8 Å². The van der Waals surface area contributed by atoms with Crippen molar-refractivity contribution >= 4 is 40.1 Å². The van der Waals surface area contributed by atoms with E-state index in [1.165, 1.54) is 53.4 Å². The molecule has 1 saturated carbocycles. The van der Waals surface area contributed by atoms with Crippen LogP contribution in [-0.2, 0) is 15.3 Å². The fourth-order valence-electron chi connectivity index (χ4n) is 2.42. The molecule has 0 spiro atoms. The van der Waals surface area contributed by atoms with Gasteiger partial charge in [-0.15, -0.1) is 10.2 Å². The van der Waals surface area contributed by atoms with Crippen molar-refractivity contribution in [1.82, 2.24) is 10.2 Å². The molecule has 1 fully saturated rings. The molecule has 1 amide bonds. The number of carbonyl (C=O) groups is 2. The number of hydrogen-bond donors (Lipinski definition) is 1. The molecule has 1 aromatic carbocycles. The van der Waals surface area contributed by atoms with E-state index in [0.29, 0.717) is 21.0 Å². The number of halogens is 1. The second-order valence-electron chi connectivity index (χ2n) is 6.72. The number of ether oxygens (including phenoxy) is 2. The summed E-state index contributed by atoms with van der Waals surface area (Å²) in [5.74, 6) is -0.546. The number of hydrogen-bond acceptors (Lipinski definition) is 10. The Hall–Kier alpha value is -3.25. The number of amides is 1. The highest BCUT2D eigenvalue weighted by atomic mass is 32.2. The predicted octanol–water partition coefficient (Wildman–Crippen LogP) is 3.26. The molecule has 3 aromatic rings. The summed E-state index contributed by atoms with van der Waals surface area (Å²) in [4.78, 5) is 35.8. The third kappa shape index (κ3) is 6.14. The number of thioether (sulfide) groups is 1. The minimum atomic E-state index is -0.807. The van der Waals surface area contributed by atoms with E-state index in [1.807, 2.05) is 0 Å². The molecule has 1 aliphatic rings. The molecule has 0 saturated heterocycles. The first-order valence-electron chi connectivity index (χ1n) is 9.44. The highest BCUT2D eigenvalue weighted by molar-refractivity contribution is 8.00. The van der Waals surface area contributed by atoms with Crippen LogP contribution in [0.1, 0.15) is 18.6 Å². The van der Waals surface area contributed by atoms with Crippen LogP contribution >= 0.6 is 23.1 Å². The van der Waals surface area contributed by atoms with Crippen LogP contribution in [-0.4, -0.2) is 28.7 Å². The monoisotopic (exact) mass is 477 g/mol. The van der Waals surface area contributed by atoms with Crippen molar-refractivity contribution in [2.45, 2.75) is 22.9 Å². The van der Waals surface area contributed by atoms with Crippen LogP contribution in [0.25, 0.3) is 0 Å². The first kappa shape index (κ1) is 22.0. The molecule has 0 radical (unpaired) electrons. The number of nitrogens with zero attached hydrogens (tertiary/aromatic N) is 2. The maximum atomic E-state index is 12.9. The molecule has 9 nitrogen and oxygen atoms in total. The number of benzene rings is 1. The van der Waals surface area contributed by atoms with E-state index in [1.54, 1.807) is 0 Å². The van der Waals surface area contributed by atoms with Crippen LogP contribution in [0, 0.1) is 11.7 Å². The van der Waals surface area contributed by atoms with Crippen LogP contribution in [0.4, 0.5) is 9.52 Å². The van der Waals surface area contributed by atoms with Gasteiger partial charge in [0.15, 0.2) is 10.9 Å². The zero-order valence-corrected chi connectivity index (χ0v) is 18.0. The molecule has 0 atom stereocenters. The minimum Gasteiger partial charge on any atom is -0.482 e. The fourth-order valence-corrected chi connectivity index (χ4v) is 4.06. The first-order valence-corrected chi connectivity index (χ1v) is 11.2. The van der Waals surface area contributed by atoms with Gasteiger partial charge in [0.05, 0.1) is 5.75 Å². The number of esters is 1. The Kier molecular flexibility index (Phi) is 6.81. The van der Waals surface area contributed by atoms with Gasteiger partial charge in [0.25, 0.3) is 0 Å². The zero-order valence-electron chi connectivity index (χ0n) is 16.4. The van der Waals surface area contributed by atoms with Gasteiger partial charge in [0.1, 0.15) is 23.6 Å². The average Bonchev–Trinajstić information content (AvgIpc) is 3.54. The molecular weight excluding hydrogens is 461 g/mol. The van der Waals surface area contributed by atoms with Crippen LogP contribution < -0.4 is 20.2 Å². The molecule has 4 rings (SSSR count). The lowest BCUT2D eigenvalue weighted by Crippen LogP contribution is -2.20. The standard InChI is InChI=1S/C20H16FN3O6S2/c21-12-3-5-13(6-4-12)29-9-17(26)30-16-8-28-14(7-15(16)25)10-31-20-24-23-19(32-20)22-18(27)11-1-2-11/h3-8,11H,1-2,9-10H2,(H,22,23,27). The second-order valence-corrected chi connectivity index (χ2v) is 8.92. The lowest BCUT2D eigenvalue weighted by Gasteiger charge is -2.06. The van der Waals surface area contributed by atoms with E-state index in [2.05, 4.69) is 15.5 Å². The van der Waals surface area contributed by atoms with Gasteiger partial charge in [-0.05, 0) is 37.1 Å². The van der Waals surface area contributed by atoms with E-state index in [4.69, 9.17) is 13.9 Å². The highest BCUT2D eigenvalue weighted by Crippen LogP contribution is 2.32. The van der Waals surface area contributed by atoms with Gasteiger partial charge < -0.3 is 19.2 Å². The van der Waals surface area contributed by atoms with Crippen LogP contribution in [0.3, 0.4) is 0 Å². The zero-order chi connectivity index (χ0) is 22.5. The molecule has 2 heterocycles. The molecule has 0 aliphatic heterocycles. The Bertz CT molecular complexity index is 1180. The lowest BCUT2D eigenvalue weighted by atomic mass is 10.3. The van der Waals surface area contributed by atoms with Gasteiger partial charge in [-0.2, -0.15) is 0 Å². The number of aromatic nitrogens is 2. The summed E-state index contributed by atoms with van der Waals surface area (Å²) in [5, 5.41) is 11.1. The van der Waals surface area contributed by atoms with Crippen LogP contribution in [0.2, 0.25) is 0 Å². The Balaban J connectivity index is 1.26. The summed E-state index contributed by atoms with van der Waals surface area (Å²) in [6.45, 7) is -0.459. The van der Waals surface area contributed by atoms with Gasteiger partial charge in [0, 0.05) is 12.0 Å². The maximum absolute atomic E-state index is 12.9. The van der Waals surface area contributed by atoms with Crippen molar-refractivity contribution in [3.05, 3.63) is 58.4 Å². The lowest BCUT2D eigenvalue weighted by molar-refractivity contribution is -0.136. The van der Waals surface area contributed by atoms with E-state index in [-0.39, 0.29) is 23.3 Å². The molecule has 2 aromatic heterocycles. The summed E-state index contributed by atoms with van der Waals surface area (Å²) in [6.07, 6.45) is 2.85. The van der Waals surface area contributed by atoms with Gasteiger partial charge in [-0.1, -0.05) is 23.1 Å². The highest BCUT2D eigenvalue weighted by Gasteiger charge is 2.30. The van der Waals surface area contributed by atoms with Gasteiger partial charge in [0.2, 0.25) is 22.2 Å². The van der Waals surface area contributed by atoms with Gasteiger partial charge in [-0.25, -0.2) is 9.18 Å². The molecule has 1 N–H and O–H groups in total. The minimum absolute atomic E-state index is 0.0445. The van der Waals surface area contributed by atoms with Crippen molar-refractivity contribution in [2.24, 2.45) is 5.92 Å². The molecular formula is C20H16FN3O6S2. The van der Waals surface area contributed by atoms with Crippen molar-refractivity contribution in [3.63, 3.8) is 0 Å². The summed E-state index contributed by atoms with van der Waals surface area (Å²) in [5.41, 5.74) is -0.531. The molecule has 1 aliphatic carbocycles. The van der Waals surface area contributed by atoms with Crippen molar-refractivity contribution in [3.8, 4) is 11.5 Å². The maximum Gasteiger partial charge on any atom is 0.349 e. The summed E-state index contributed by atoms with van der Waals surface area (Å²) in [7, 11) is 0. The third-order valence-corrected chi connectivity index (χ3v) is 6.16. The molecule has 0 bridgehead atoms. The molecule has 166 valence electrons. The molecule has 12 heteroatoms. The Morgan fingerprint density at radius 1 is 1.25 bits per heavy atom. The van der Waals surface area contributed by atoms with E-state index >= 15 is 0 Å². The summed E-state index contributed by atoms with van der Waals surface area (Å²) < 4.78 is 29.0. The Labute approximate surface area is 188 Å². The fraction of sp³-hybridized carbons (Fsp3) is 0.250. The average molecular weight is 477 g/mol. The predicted molar refractivity (Wildman–Crippen MR) is 113 cm³/mol. The van der Waals surface area contributed by atoms with Crippen molar-refractivity contribution in [1.29, 1.82) is 0 Å². The Morgan fingerprint density at radius 2 is 2.03 bits per heavy atom. The quantitative estimate of drug-likeness (QED) is 0.281. The normalized spacial score (nSPS) is 12.9. The number of nitrogens with one attached hydrogen (secondary N) is 1. The van der Waals surface area contributed by atoms with Crippen LogP contribution in [0.5, 0.6) is 11.5 Å². The first-order chi connectivity index (χ1) is 15.5. The summed E-state index contributed by atoms with van der Waals surface area (Å²) in [6, 6.07) is 6.34. The second kappa shape index (κ2) is 9.92. The Morgan fingerprint density at radius 3 is 2.75 bits per heavy atom. The third-order valence-electron chi connectivity index (χ3n) is 4.17. The largest absolute Gasteiger partial charge is 0.482 e. The summed E-state index contributed by atoms with van der Waals surface area (Å²) >= 11 is 2.52. The van der Waals surface area contributed by atoms with Crippen molar-refractivity contribution < 1.29 is 27.9 Å². The number of anilines is 1. The van der Waals surface area contributed by atoms with Crippen LogP contribution in [0.15, 0.2) is 50.1 Å². The SMILES string of the molecule is O=C(COc1ccc(F)cc1)Oc1coc(CSc2nnc(NC(=O)C3CC3)s2)cc1=O. The molecule has 0 unspecified atom stereocenters. The van der Waals surface area contributed by atoms with Gasteiger partial charge in [-0.3, -0.25) is 9.59 Å². The van der Waals surface area contributed by atoms with Gasteiger partial charge >= 0.3 is 5.97 Å². The molecule has 32 heavy (non-hydrogen) atoms. The van der Waals surface area contributed by atoms with Crippen molar-refractivity contribution in [2.75, 3.05) is 11.9 Å². The number of carbonyl (C=O) groups excluding carboxylic acids is 2. The smallest absolute Gasteiger partial charge is 0.349 e. The topological polar surface area (TPSA) is 121 Å². The van der Waals surface area contributed by atoms with E-state index in [0.717, 1.165) is 19.1 Å². The van der Waals surface area contributed by atoms with E-state index < -0.39 is 23.8 Å².